The molecule has 0 unspecified atom stereocenters. The van der Waals surface area contributed by atoms with Gasteiger partial charge in [-0.05, 0) is 23.3 Å². The number of halogens is 3. The number of hydrogen-bond donors (Lipinski definition) is 0. The third-order valence-corrected chi connectivity index (χ3v) is 4.54. The van der Waals surface area contributed by atoms with E-state index in [9.17, 15) is 18.0 Å². The molecule has 7 heteroatoms. The van der Waals surface area contributed by atoms with Crippen LogP contribution in [0.15, 0.2) is 53.7 Å². The highest BCUT2D eigenvalue weighted by Crippen LogP contribution is 2.40. The number of hydrogen-bond acceptors (Lipinski definition) is 4. The van der Waals surface area contributed by atoms with Gasteiger partial charge in [-0.3, -0.25) is 4.79 Å². The third kappa shape index (κ3) is 3.62. The number of carbonyl (C=O) groups is 1. The molecule has 2 aromatic carbocycles. The van der Waals surface area contributed by atoms with E-state index in [1.165, 1.54) is 18.3 Å². The number of thioether (sulfide) groups is 1. The lowest BCUT2D eigenvalue weighted by molar-refractivity contribution is -0.137. The Kier molecular flexibility index (Phi) is 4.62. The molecule has 0 fully saturated rings. The summed E-state index contributed by atoms with van der Waals surface area (Å²) in [5.74, 6) is 0. The van der Waals surface area contributed by atoms with E-state index in [2.05, 4.69) is 5.16 Å². The van der Waals surface area contributed by atoms with Gasteiger partial charge in [0.2, 0.25) is 5.12 Å². The summed E-state index contributed by atoms with van der Waals surface area (Å²) >= 11 is 1.13. The number of oxime groups is 1. The number of carbonyl (C=O) groups excluding carboxylic acids is 1. The van der Waals surface area contributed by atoms with E-state index in [0.717, 1.165) is 29.5 Å². The van der Waals surface area contributed by atoms with Crippen LogP contribution in [0.25, 0.3) is 0 Å². The molecule has 124 valence electrons. The zero-order valence-electron chi connectivity index (χ0n) is 12.3. The predicted molar refractivity (Wildman–Crippen MR) is 85.8 cm³/mol. The number of fused-ring (bicyclic) bond motifs is 1. The fourth-order valence-corrected chi connectivity index (χ4v) is 3.32. The van der Waals surface area contributed by atoms with E-state index in [-0.39, 0.29) is 17.0 Å². The number of nitrogens with zero attached hydrogens (tertiary/aromatic N) is 1. The van der Waals surface area contributed by atoms with Crippen molar-refractivity contribution in [3.8, 4) is 0 Å². The van der Waals surface area contributed by atoms with Crippen molar-refractivity contribution in [1.82, 2.24) is 0 Å². The Morgan fingerprint density at radius 3 is 2.75 bits per heavy atom. The Bertz CT molecular complexity index is 789. The molecule has 24 heavy (non-hydrogen) atoms. The molecule has 0 bridgehead atoms. The molecule has 0 aliphatic carbocycles. The number of rotatable bonds is 4. The van der Waals surface area contributed by atoms with Crippen LogP contribution in [-0.2, 0) is 17.6 Å². The Hall–Kier alpha value is -2.28. The van der Waals surface area contributed by atoms with Gasteiger partial charge >= 0.3 is 6.18 Å². The summed E-state index contributed by atoms with van der Waals surface area (Å²) in [6.45, 7) is -0.0760. The molecule has 1 aliphatic heterocycles. The molecule has 0 saturated carbocycles. The molecule has 3 nitrogen and oxygen atoms in total. The highest BCUT2D eigenvalue weighted by molar-refractivity contribution is 8.15. The molecule has 1 heterocycles. The lowest BCUT2D eigenvalue weighted by Gasteiger charge is -2.08. The van der Waals surface area contributed by atoms with Crippen LogP contribution in [-0.4, -0.2) is 11.3 Å². The minimum absolute atomic E-state index is 0.0278. The second-order valence-corrected chi connectivity index (χ2v) is 6.25. The molecule has 0 saturated heterocycles. The Labute approximate surface area is 140 Å². The van der Waals surface area contributed by atoms with Crippen molar-refractivity contribution in [3.63, 3.8) is 0 Å². The average Bonchev–Trinajstić information content (AvgIpc) is 2.88. The lowest BCUT2D eigenvalue weighted by atomic mass is 10.1. The summed E-state index contributed by atoms with van der Waals surface area (Å²) in [6, 6.07) is 12.1. The van der Waals surface area contributed by atoms with E-state index >= 15 is 0 Å². The lowest BCUT2D eigenvalue weighted by Crippen LogP contribution is -2.05. The maximum Gasteiger partial charge on any atom is 0.416 e. The van der Waals surface area contributed by atoms with Crippen LogP contribution in [0.3, 0.4) is 0 Å². The van der Waals surface area contributed by atoms with Crippen molar-refractivity contribution in [3.05, 3.63) is 70.8 Å². The minimum Gasteiger partial charge on any atom is -0.391 e. The molecule has 0 radical (unpaired) electrons. The Balaban J connectivity index is 1.62. The second-order valence-electron chi connectivity index (χ2n) is 5.14. The van der Waals surface area contributed by atoms with Gasteiger partial charge in [-0.25, -0.2) is 0 Å². The van der Waals surface area contributed by atoms with Gasteiger partial charge < -0.3 is 4.84 Å². The number of alkyl halides is 3. The predicted octanol–water partition coefficient (Wildman–Crippen LogP) is 4.84. The summed E-state index contributed by atoms with van der Waals surface area (Å²) in [6.07, 6.45) is -2.90. The Morgan fingerprint density at radius 1 is 1.17 bits per heavy atom. The monoisotopic (exact) mass is 351 g/mol. The van der Waals surface area contributed by atoms with Gasteiger partial charge in [-0.15, -0.1) is 0 Å². The standard InChI is InChI=1S/C17H12F3NO2S/c18-17(19,20)12-5-3-4-11(8-12)10-23-21-9-15-13-6-1-2-7-14(13)16(22)24-15/h1-9,15H,10H2/b21-9-/t15-/m1/s1. The highest BCUT2D eigenvalue weighted by atomic mass is 32.2. The highest BCUT2D eigenvalue weighted by Gasteiger charge is 2.30. The summed E-state index contributed by atoms with van der Waals surface area (Å²) in [5.41, 5.74) is 1.16. The molecule has 1 aliphatic rings. The largest absolute Gasteiger partial charge is 0.416 e. The first kappa shape index (κ1) is 16.6. The fourth-order valence-electron chi connectivity index (χ4n) is 2.33. The van der Waals surface area contributed by atoms with E-state index in [1.54, 1.807) is 12.1 Å². The topological polar surface area (TPSA) is 38.7 Å². The van der Waals surface area contributed by atoms with Crippen molar-refractivity contribution in [2.24, 2.45) is 5.16 Å². The molecular weight excluding hydrogens is 339 g/mol. The van der Waals surface area contributed by atoms with E-state index in [0.29, 0.717) is 11.1 Å². The smallest absolute Gasteiger partial charge is 0.391 e. The first-order valence-electron chi connectivity index (χ1n) is 7.06. The van der Waals surface area contributed by atoms with Gasteiger partial charge in [0.1, 0.15) is 6.61 Å². The van der Waals surface area contributed by atoms with Crippen LogP contribution in [0.1, 0.15) is 32.3 Å². The molecule has 1 atom stereocenters. The van der Waals surface area contributed by atoms with Crippen molar-refractivity contribution < 1.29 is 22.8 Å². The molecule has 2 aromatic rings. The van der Waals surface area contributed by atoms with Crippen molar-refractivity contribution >= 4 is 23.1 Å². The van der Waals surface area contributed by atoms with E-state index in [4.69, 9.17) is 4.84 Å². The van der Waals surface area contributed by atoms with Crippen LogP contribution in [0, 0.1) is 0 Å². The van der Waals surface area contributed by atoms with E-state index < -0.39 is 11.7 Å². The van der Waals surface area contributed by atoms with Gasteiger partial charge in [0.05, 0.1) is 17.0 Å². The molecule has 3 rings (SSSR count). The van der Waals surface area contributed by atoms with Gasteiger partial charge in [0.15, 0.2) is 0 Å². The van der Waals surface area contributed by atoms with Crippen LogP contribution < -0.4 is 0 Å². The molecular formula is C17H12F3NO2S. The van der Waals surface area contributed by atoms with Crippen molar-refractivity contribution in [1.29, 1.82) is 0 Å². The first-order chi connectivity index (χ1) is 11.4. The van der Waals surface area contributed by atoms with Gasteiger partial charge in [0, 0.05) is 5.56 Å². The first-order valence-corrected chi connectivity index (χ1v) is 7.94. The quantitative estimate of drug-likeness (QED) is 0.585. The normalized spacial score (nSPS) is 17.3. The average molecular weight is 351 g/mol. The van der Waals surface area contributed by atoms with Crippen molar-refractivity contribution in [2.45, 2.75) is 18.0 Å². The third-order valence-electron chi connectivity index (χ3n) is 3.48. The SMILES string of the molecule is O=C1S[C@H](/C=N\OCc2cccc(C(F)(F)F)c2)c2ccccc21. The van der Waals surface area contributed by atoms with Crippen LogP contribution in [0.4, 0.5) is 13.2 Å². The zero-order valence-corrected chi connectivity index (χ0v) is 13.1. The zero-order chi connectivity index (χ0) is 17.2. The summed E-state index contributed by atoms with van der Waals surface area (Å²) in [4.78, 5) is 16.9. The van der Waals surface area contributed by atoms with Crippen molar-refractivity contribution in [2.75, 3.05) is 0 Å². The van der Waals surface area contributed by atoms with Crippen LogP contribution >= 0.6 is 11.8 Å². The van der Waals surface area contributed by atoms with E-state index in [1.807, 2.05) is 12.1 Å². The summed E-state index contributed by atoms with van der Waals surface area (Å²) in [7, 11) is 0. The molecule has 0 aromatic heterocycles. The number of benzene rings is 2. The summed E-state index contributed by atoms with van der Waals surface area (Å²) < 4.78 is 37.9. The molecule has 0 spiro atoms. The Morgan fingerprint density at radius 2 is 1.96 bits per heavy atom. The molecule has 0 N–H and O–H groups in total. The van der Waals surface area contributed by atoms with Crippen LogP contribution in [0.2, 0.25) is 0 Å². The van der Waals surface area contributed by atoms with Crippen LogP contribution in [0.5, 0.6) is 0 Å². The second kappa shape index (κ2) is 6.68. The van der Waals surface area contributed by atoms with Gasteiger partial charge in [-0.2, -0.15) is 13.2 Å². The van der Waals surface area contributed by atoms with Gasteiger partial charge in [0.25, 0.3) is 0 Å². The summed E-state index contributed by atoms with van der Waals surface area (Å²) in [5, 5.41) is 3.53. The molecule has 0 amide bonds. The maximum atomic E-state index is 12.6. The fraction of sp³-hybridized carbons (Fsp3) is 0.176. The minimum atomic E-state index is -4.39. The maximum absolute atomic E-state index is 12.6. The van der Waals surface area contributed by atoms with Gasteiger partial charge in [-0.1, -0.05) is 53.3 Å².